The topological polar surface area (TPSA) is 63.7 Å². The number of hydrogen-bond acceptors (Lipinski definition) is 4. The molecule has 0 aliphatic rings. The highest BCUT2D eigenvalue weighted by Gasteiger charge is 2.19. The van der Waals surface area contributed by atoms with Gasteiger partial charge in [-0.2, -0.15) is 0 Å². The van der Waals surface area contributed by atoms with Crippen LogP contribution in [-0.2, 0) is 13.8 Å². The Morgan fingerprint density at radius 2 is 1.78 bits per heavy atom. The van der Waals surface area contributed by atoms with Gasteiger partial charge in [0.15, 0.2) is 0 Å². The zero-order chi connectivity index (χ0) is 14.4. The van der Waals surface area contributed by atoms with Gasteiger partial charge in [-0.25, -0.2) is 13.2 Å². The van der Waals surface area contributed by atoms with Gasteiger partial charge in [-0.05, 0) is 33.6 Å². The summed E-state index contributed by atoms with van der Waals surface area (Å²) in [6.45, 7) is 5.97. The second-order valence-corrected chi connectivity index (χ2v) is 8.10. The predicted molar refractivity (Wildman–Crippen MR) is 72.4 cm³/mol. The van der Waals surface area contributed by atoms with Crippen molar-refractivity contribution < 1.29 is 17.9 Å². The average Bonchev–Trinajstić information content (AvgIpc) is 2.12. The van der Waals surface area contributed by atoms with Crippen LogP contribution in [0.25, 0.3) is 0 Å². The molecule has 0 atom stereocenters. The molecule has 0 aromatic rings. The van der Waals surface area contributed by atoms with E-state index in [0.717, 1.165) is 6.42 Å². The van der Waals surface area contributed by atoms with Crippen LogP contribution < -0.4 is 0 Å². The van der Waals surface area contributed by atoms with Crippen molar-refractivity contribution in [1.82, 2.24) is 4.90 Å². The standard InChI is InChI=1S/C11H22ClNO4S/c1-11(2,3)17-10(14)13(4)8-6-5-7-9-18(12,15)16/h5-9H2,1-4H3. The molecule has 0 spiro atoms. The Labute approximate surface area is 114 Å². The molecule has 0 bridgehead atoms. The third kappa shape index (κ3) is 10.7. The Bertz CT molecular complexity index is 362. The number of halogens is 1. The van der Waals surface area contributed by atoms with E-state index < -0.39 is 14.7 Å². The van der Waals surface area contributed by atoms with Crippen molar-refractivity contribution in [2.45, 2.75) is 45.6 Å². The van der Waals surface area contributed by atoms with E-state index in [1.807, 2.05) is 20.8 Å². The smallest absolute Gasteiger partial charge is 0.410 e. The first-order valence-corrected chi connectivity index (χ1v) is 8.35. The van der Waals surface area contributed by atoms with Gasteiger partial charge in [0.25, 0.3) is 0 Å². The van der Waals surface area contributed by atoms with Crippen molar-refractivity contribution in [2.75, 3.05) is 19.3 Å². The largest absolute Gasteiger partial charge is 0.444 e. The SMILES string of the molecule is CN(CCCCCS(=O)(=O)Cl)C(=O)OC(C)(C)C. The van der Waals surface area contributed by atoms with Gasteiger partial charge in [-0.15, -0.1) is 0 Å². The highest BCUT2D eigenvalue weighted by molar-refractivity contribution is 8.13. The van der Waals surface area contributed by atoms with Crippen LogP contribution >= 0.6 is 10.7 Å². The summed E-state index contributed by atoms with van der Waals surface area (Å²) in [5, 5.41) is 0. The summed E-state index contributed by atoms with van der Waals surface area (Å²) in [4.78, 5) is 13.1. The van der Waals surface area contributed by atoms with E-state index in [2.05, 4.69) is 0 Å². The molecule has 0 unspecified atom stereocenters. The van der Waals surface area contributed by atoms with Gasteiger partial charge in [-0.1, -0.05) is 6.42 Å². The van der Waals surface area contributed by atoms with Crippen molar-refractivity contribution in [3.05, 3.63) is 0 Å². The summed E-state index contributed by atoms with van der Waals surface area (Å²) in [7, 11) is 3.35. The highest BCUT2D eigenvalue weighted by atomic mass is 35.7. The molecule has 0 saturated carbocycles. The number of carbonyl (C=O) groups excluding carboxylic acids is 1. The number of carbonyl (C=O) groups is 1. The maximum absolute atomic E-state index is 11.6. The molecule has 0 heterocycles. The van der Waals surface area contributed by atoms with Crippen molar-refractivity contribution >= 4 is 25.8 Å². The van der Waals surface area contributed by atoms with Crippen LogP contribution in [0.4, 0.5) is 4.79 Å². The summed E-state index contributed by atoms with van der Waals surface area (Å²) in [6, 6.07) is 0. The van der Waals surface area contributed by atoms with Crippen molar-refractivity contribution in [1.29, 1.82) is 0 Å². The molecule has 1 amide bonds. The van der Waals surface area contributed by atoms with Crippen molar-refractivity contribution in [3.63, 3.8) is 0 Å². The zero-order valence-electron chi connectivity index (χ0n) is 11.4. The predicted octanol–water partition coefficient (Wildman–Crippen LogP) is 2.59. The lowest BCUT2D eigenvalue weighted by Crippen LogP contribution is -2.34. The average molecular weight is 300 g/mol. The Hall–Kier alpha value is -0.490. The molecule has 0 N–H and O–H groups in total. The molecule has 0 radical (unpaired) electrons. The fraction of sp³-hybridized carbons (Fsp3) is 0.909. The minimum atomic E-state index is -3.40. The van der Waals surface area contributed by atoms with E-state index in [1.165, 1.54) is 4.90 Å². The van der Waals surface area contributed by atoms with Gasteiger partial charge in [0.05, 0.1) is 5.75 Å². The minimum Gasteiger partial charge on any atom is -0.444 e. The number of nitrogens with zero attached hydrogens (tertiary/aromatic N) is 1. The molecule has 0 saturated heterocycles. The lowest BCUT2D eigenvalue weighted by molar-refractivity contribution is 0.0296. The van der Waals surface area contributed by atoms with E-state index in [4.69, 9.17) is 15.4 Å². The normalized spacial score (nSPS) is 12.3. The summed E-state index contributed by atoms with van der Waals surface area (Å²) in [6.07, 6.45) is 1.57. The number of ether oxygens (including phenoxy) is 1. The van der Waals surface area contributed by atoms with E-state index in [1.54, 1.807) is 7.05 Å². The van der Waals surface area contributed by atoms with Gasteiger partial charge >= 0.3 is 6.09 Å². The van der Waals surface area contributed by atoms with Crippen molar-refractivity contribution in [2.24, 2.45) is 0 Å². The lowest BCUT2D eigenvalue weighted by atomic mass is 10.2. The number of unbranched alkanes of at least 4 members (excludes halogenated alkanes) is 2. The minimum absolute atomic E-state index is 0.0231. The molecule has 0 rings (SSSR count). The molecule has 0 aliphatic carbocycles. The van der Waals surface area contributed by atoms with E-state index >= 15 is 0 Å². The zero-order valence-corrected chi connectivity index (χ0v) is 13.0. The van der Waals surface area contributed by atoms with Crippen LogP contribution in [0.3, 0.4) is 0 Å². The van der Waals surface area contributed by atoms with E-state index in [-0.39, 0.29) is 11.8 Å². The summed E-state index contributed by atoms with van der Waals surface area (Å²) < 4.78 is 26.5. The third-order valence-electron chi connectivity index (χ3n) is 2.09. The van der Waals surface area contributed by atoms with Gasteiger partial charge < -0.3 is 9.64 Å². The molecule has 0 aliphatic heterocycles. The van der Waals surface area contributed by atoms with Crippen LogP contribution in [0.15, 0.2) is 0 Å². The molecular formula is C11H22ClNO4S. The van der Waals surface area contributed by atoms with Crippen LogP contribution in [0.5, 0.6) is 0 Å². The van der Waals surface area contributed by atoms with E-state index in [0.29, 0.717) is 19.4 Å². The van der Waals surface area contributed by atoms with Crippen molar-refractivity contribution in [3.8, 4) is 0 Å². The quantitative estimate of drug-likeness (QED) is 0.558. The first kappa shape index (κ1) is 17.5. The fourth-order valence-electron chi connectivity index (χ4n) is 1.23. The van der Waals surface area contributed by atoms with Gasteiger partial charge in [0.1, 0.15) is 5.60 Å². The Balaban J connectivity index is 3.77. The molecular weight excluding hydrogens is 278 g/mol. The lowest BCUT2D eigenvalue weighted by Gasteiger charge is -2.24. The summed E-state index contributed by atoms with van der Waals surface area (Å²) in [5.74, 6) is -0.0231. The van der Waals surface area contributed by atoms with E-state index in [9.17, 15) is 13.2 Å². The van der Waals surface area contributed by atoms with Gasteiger partial charge in [0, 0.05) is 24.3 Å². The molecule has 0 aromatic carbocycles. The summed E-state index contributed by atoms with van der Waals surface area (Å²) in [5.41, 5.74) is -0.502. The Kier molecular flexibility index (Phi) is 6.99. The van der Waals surface area contributed by atoms with Crippen LogP contribution in [0.1, 0.15) is 40.0 Å². The Morgan fingerprint density at radius 1 is 1.22 bits per heavy atom. The maximum atomic E-state index is 11.6. The maximum Gasteiger partial charge on any atom is 0.410 e. The number of rotatable bonds is 6. The second-order valence-electron chi connectivity index (χ2n) is 5.21. The van der Waals surface area contributed by atoms with Crippen LogP contribution in [0, 0.1) is 0 Å². The molecule has 7 heteroatoms. The molecule has 18 heavy (non-hydrogen) atoms. The number of hydrogen-bond donors (Lipinski definition) is 0. The molecule has 0 fully saturated rings. The first-order valence-electron chi connectivity index (χ1n) is 5.88. The molecule has 0 aromatic heterocycles. The molecule has 108 valence electrons. The number of amides is 1. The van der Waals surface area contributed by atoms with Gasteiger partial charge in [0.2, 0.25) is 9.05 Å². The fourth-order valence-corrected chi connectivity index (χ4v) is 2.11. The second kappa shape index (κ2) is 7.19. The summed E-state index contributed by atoms with van der Waals surface area (Å²) >= 11 is 0. The molecule has 5 nitrogen and oxygen atoms in total. The Morgan fingerprint density at radius 3 is 2.22 bits per heavy atom. The van der Waals surface area contributed by atoms with Gasteiger partial charge in [-0.3, -0.25) is 0 Å². The first-order chi connectivity index (χ1) is 8.01. The monoisotopic (exact) mass is 299 g/mol. The van der Waals surface area contributed by atoms with Crippen LogP contribution in [-0.4, -0.2) is 44.4 Å². The third-order valence-corrected chi connectivity index (χ3v) is 3.33. The van der Waals surface area contributed by atoms with Crippen LogP contribution in [0.2, 0.25) is 0 Å². The highest BCUT2D eigenvalue weighted by Crippen LogP contribution is 2.10.